The highest BCUT2D eigenvalue weighted by atomic mass is 32.2. The molecule has 0 aliphatic carbocycles. The lowest BCUT2D eigenvalue weighted by molar-refractivity contribution is 0.218. The Hall–Kier alpha value is -2.04. The van der Waals surface area contributed by atoms with Gasteiger partial charge < -0.3 is 19.9 Å². The Labute approximate surface area is 141 Å². The summed E-state index contributed by atoms with van der Waals surface area (Å²) in [5.41, 5.74) is 0. The fourth-order valence-electron chi connectivity index (χ4n) is 2.15. The van der Waals surface area contributed by atoms with E-state index in [1.165, 1.54) is 32.4 Å². The highest BCUT2D eigenvalue weighted by Crippen LogP contribution is 2.29. The van der Waals surface area contributed by atoms with Gasteiger partial charge in [-0.1, -0.05) is 0 Å². The van der Waals surface area contributed by atoms with Crippen LogP contribution in [0.5, 0.6) is 11.5 Å². The van der Waals surface area contributed by atoms with Crippen molar-refractivity contribution in [1.82, 2.24) is 14.9 Å². The van der Waals surface area contributed by atoms with Gasteiger partial charge >= 0.3 is 0 Å². The second-order valence-electron chi connectivity index (χ2n) is 5.08. The average Bonchev–Trinajstić information content (AvgIpc) is 2.60. The van der Waals surface area contributed by atoms with Gasteiger partial charge in [-0.2, -0.15) is 0 Å². The first-order chi connectivity index (χ1) is 11.5. The highest BCUT2D eigenvalue weighted by Gasteiger charge is 2.21. The third kappa shape index (κ3) is 4.49. The highest BCUT2D eigenvalue weighted by molar-refractivity contribution is 7.90. The van der Waals surface area contributed by atoms with E-state index in [4.69, 9.17) is 14.6 Å². The molecule has 0 aromatic heterocycles. The summed E-state index contributed by atoms with van der Waals surface area (Å²) in [6.07, 6.45) is 0.643. The number of benzene rings is 1. The van der Waals surface area contributed by atoms with Gasteiger partial charge in [-0.05, 0) is 18.6 Å². The molecule has 0 radical (unpaired) electrons. The van der Waals surface area contributed by atoms with E-state index in [9.17, 15) is 8.42 Å². The van der Waals surface area contributed by atoms with Crippen LogP contribution in [0.1, 0.15) is 6.42 Å². The number of hydrogen-bond donors (Lipinski definition) is 3. The summed E-state index contributed by atoms with van der Waals surface area (Å²) in [5, 5.41) is 11.7. The Kier molecular flexibility index (Phi) is 6.23. The van der Waals surface area contributed by atoms with Gasteiger partial charge in [0.05, 0.1) is 32.5 Å². The summed E-state index contributed by atoms with van der Waals surface area (Å²) in [6.45, 7) is 1.60. The third-order valence-electron chi connectivity index (χ3n) is 3.43. The largest absolute Gasteiger partial charge is 0.493 e. The molecule has 2 rings (SSSR count). The van der Waals surface area contributed by atoms with Crippen molar-refractivity contribution in [3.05, 3.63) is 18.2 Å². The van der Waals surface area contributed by atoms with Crippen molar-refractivity contribution in [3.8, 4) is 11.5 Å². The number of nitrogens with one attached hydrogen (secondary N) is 2. The minimum atomic E-state index is -3.79. The normalized spacial score (nSPS) is 15.4. The molecule has 0 atom stereocenters. The molecule has 3 N–H and O–H groups in total. The van der Waals surface area contributed by atoms with Crippen LogP contribution in [0.3, 0.4) is 0 Å². The molecule has 1 aromatic carbocycles. The molecule has 1 aromatic rings. The van der Waals surface area contributed by atoms with Gasteiger partial charge in [0.1, 0.15) is 0 Å². The van der Waals surface area contributed by atoms with E-state index in [1.54, 1.807) is 0 Å². The van der Waals surface area contributed by atoms with Crippen LogP contribution in [-0.2, 0) is 10.0 Å². The smallest absolute Gasteiger partial charge is 0.264 e. The Bertz CT molecular complexity index is 692. The lowest BCUT2D eigenvalue weighted by atomic mass is 10.3. The summed E-state index contributed by atoms with van der Waals surface area (Å²) in [7, 11) is -0.870. The van der Waals surface area contributed by atoms with Gasteiger partial charge in [0.2, 0.25) is 5.96 Å². The second kappa shape index (κ2) is 8.18. The van der Waals surface area contributed by atoms with Crippen molar-refractivity contribution >= 4 is 16.0 Å². The van der Waals surface area contributed by atoms with Crippen molar-refractivity contribution < 1.29 is 23.0 Å². The van der Waals surface area contributed by atoms with E-state index < -0.39 is 10.0 Å². The zero-order chi connectivity index (χ0) is 17.6. The van der Waals surface area contributed by atoms with Crippen LogP contribution in [0.2, 0.25) is 0 Å². The molecule has 0 saturated carbocycles. The lowest BCUT2D eigenvalue weighted by Crippen LogP contribution is -2.50. The minimum absolute atomic E-state index is 0.0485. The molecule has 24 heavy (non-hydrogen) atoms. The molecule has 9 nitrogen and oxygen atoms in total. The molecule has 1 aliphatic heterocycles. The zero-order valence-corrected chi connectivity index (χ0v) is 14.5. The van der Waals surface area contributed by atoms with Crippen molar-refractivity contribution in [2.45, 2.75) is 11.3 Å². The first kappa shape index (κ1) is 18.3. The van der Waals surface area contributed by atoms with Crippen LogP contribution in [0.4, 0.5) is 0 Å². The molecule has 0 saturated heterocycles. The standard InChI is InChI=1S/C14H22N4O5S/c1-22-12-5-4-11(8-13(12)23-2)24(20,21)17-14-15-9-18(10-16-14)6-3-7-19/h4-5,8,19H,3,6-7,9-10H2,1-2H3,(H2,15,16,17). The summed E-state index contributed by atoms with van der Waals surface area (Å²) in [4.78, 5) is 6.15. The number of hydrogen-bond acceptors (Lipinski definition) is 8. The number of aliphatic imine (C=N–C) groups is 1. The minimum Gasteiger partial charge on any atom is -0.493 e. The van der Waals surface area contributed by atoms with Crippen LogP contribution >= 0.6 is 0 Å². The molecule has 10 heteroatoms. The molecule has 0 fully saturated rings. The number of ether oxygens (including phenoxy) is 2. The van der Waals surface area contributed by atoms with E-state index >= 15 is 0 Å². The van der Waals surface area contributed by atoms with Crippen molar-refractivity contribution in [2.24, 2.45) is 4.99 Å². The first-order valence-electron chi connectivity index (χ1n) is 7.36. The maximum Gasteiger partial charge on any atom is 0.264 e. The van der Waals surface area contributed by atoms with Crippen LogP contribution in [-0.4, -0.2) is 65.1 Å². The van der Waals surface area contributed by atoms with E-state index in [2.05, 4.69) is 15.0 Å². The van der Waals surface area contributed by atoms with E-state index in [0.717, 1.165) is 0 Å². The summed E-state index contributed by atoms with van der Waals surface area (Å²) < 4.78 is 37.5. The zero-order valence-electron chi connectivity index (χ0n) is 13.7. The maximum atomic E-state index is 12.4. The van der Waals surface area contributed by atoms with Gasteiger partial charge in [-0.3, -0.25) is 4.90 Å². The summed E-state index contributed by atoms with van der Waals surface area (Å²) in [5.74, 6) is 0.961. The quantitative estimate of drug-likeness (QED) is 0.605. The monoisotopic (exact) mass is 358 g/mol. The predicted octanol–water partition coefficient (Wildman–Crippen LogP) is -0.459. The Morgan fingerprint density at radius 2 is 2.08 bits per heavy atom. The van der Waals surface area contributed by atoms with Gasteiger partial charge in [0.15, 0.2) is 11.5 Å². The molecule has 1 aliphatic rings. The molecule has 0 unspecified atom stereocenters. The average molecular weight is 358 g/mol. The Morgan fingerprint density at radius 3 is 2.67 bits per heavy atom. The number of aliphatic hydroxyl groups excluding tert-OH is 1. The fourth-order valence-corrected chi connectivity index (χ4v) is 3.16. The number of rotatable bonds is 7. The Balaban J connectivity index is 2.08. The molecular formula is C14H22N4O5S. The van der Waals surface area contributed by atoms with Crippen molar-refractivity contribution in [2.75, 3.05) is 40.7 Å². The van der Waals surface area contributed by atoms with E-state index in [0.29, 0.717) is 37.8 Å². The fraction of sp³-hybridized carbons (Fsp3) is 0.500. The van der Waals surface area contributed by atoms with Gasteiger partial charge in [-0.25, -0.2) is 18.1 Å². The van der Waals surface area contributed by atoms with E-state index in [1.807, 2.05) is 4.90 Å². The van der Waals surface area contributed by atoms with Crippen LogP contribution in [0.15, 0.2) is 28.1 Å². The molecule has 0 spiro atoms. The third-order valence-corrected chi connectivity index (χ3v) is 4.76. The molecular weight excluding hydrogens is 336 g/mol. The van der Waals surface area contributed by atoms with Gasteiger partial charge in [0.25, 0.3) is 10.0 Å². The van der Waals surface area contributed by atoms with Gasteiger partial charge in [-0.15, -0.1) is 0 Å². The van der Waals surface area contributed by atoms with Crippen LogP contribution in [0.25, 0.3) is 0 Å². The molecule has 0 bridgehead atoms. The second-order valence-corrected chi connectivity index (χ2v) is 6.76. The van der Waals surface area contributed by atoms with Crippen molar-refractivity contribution in [3.63, 3.8) is 0 Å². The summed E-state index contributed by atoms with van der Waals surface area (Å²) in [6, 6.07) is 4.35. The van der Waals surface area contributed by atoms with Crippen LogP contribution in [0, 0.1) is 0 Å². The van der Waals surface area contributed by atoms with Crippen LogP contribution < -0.4 is 19.5 Å². The number of methoxy groups -OCH3 is 2. The van der Waals surface area contributed by atoms with Crippen molar-refractivity contribution in [1.29, 1.82) is 0 Å². The van der Waals surface area contributed by atoms with Gasteiger partial charge in [0, 0.05) is 19.2 Å². The number of guanidine groups is 1. The lowest BCUT2D eigenvalue weighted by Gasteiger charge is -2.26. The summed E-state index contributed by atoms with van der Waals surface area (Å²) >= 11 is 0. The molecule has 0 amide bonds. The molecule has 134 valence electrons. The number of aliphatic hydroxyl groups is 1. The number of sulfonamides is 1. The topological polar surface area (TPSA) is 112 Å². The number of nitrogens with zero attached hydrogens (tertiary/aromatic N) is 2. The van der Waals surface area contributed by atoms with E-state index in [-0.39, 0.29) is 17.5 Å². The predicted molar refractivity (Wildman–Crippen MR) is 88.6 cm³/mol. The molecule has 1 heterocycles. The maximum absolute atomic E-state index is 12.4. The first-order valence-corrected chi connectivity index (χ1v) is 8.85. The SMILES string of the molecule is COc1ccc(S(=O)(=O)NC2=NCN(CCCO)CN2)cc1OC. The Morgan fingerprint density at radius 1 is 1.33 bits per heavy atom.